The first kappa shape index (κ1) is 14.6. The molecule has 1 saturated carbocycles. The summed E-state index contributed by atoms with van der Waals surface area (Å²) in [6, 6.07) is 16.9. The van der Waals surface area contributed by atoms with Crippen LogP contribution in [0.3, 0.4) is 0 Å². The quantitative estimate of drug-likeness (QED) is 0.636. The van der Waals surface area contributed by atoms with E-state index in [-0.39, 0.29) is 6.04 Å². The molecule has 0 spiro atoms. The fraction of sp³-hybridized carbons (Fsp3) is 0.333. The highest BCUT2D eigenvalue weighted by Crippen LogP contribution is 2.36. The minimum Gasteiger partial charge on any atom is -0.271 e. The third kappa shape index (κ3) is 3.29. The summed E-state index contributed by atoms with van der Waals surface area (Å²) in [5.74, 6) is 6.52. The summed E-state index contributed by atoms with van der Waals surface area (Å²) in [6.07, 6.45) is 4.82. The average molecular weight is 301 g/mol. The van der Waals surface area contributed by atoms with Gasteiger partial charge in [-0.15, -0.1) is 0 Å². The molecule has 21 heavy (non-hydrogen) atoms. The standard InChI is InChI=1S/C18H21ClN2/c19-17-7-2-1-4-16(17)12-18(21-20)15-10-8-14(9-11-15)13-5-3-6-13/h1-2,4,7-11,13,18,21H,3,5-6,12,20H2. The van der Waals surface area contributed by atoms with Crippen LogP contribution in [0.25, 0.3) is 0 Å². The van der Waals surface area contributed by atoms with Gasteiger partial charge in [-0.05, 0) is 47.9 Å². The van der Waals surface area contributed by atoms with E-state index >= 15 is 0 Å². The average Bonchev–Trinajstić information content (AvgIpc) is 2.46. The summed E-state index contributed by atoms with van der Waals surface area (Å²) >= 11 is 6.24. The maximum atomic E-state index is 6.24. The first-order valence-corrected chi connectivity index (χ1v) is 7.95. The Bertz CT molecular complexity index is 590. The van der Waals surface area contributed by atoms with Crippen LogP contribution in [-0.2, 0) is 6.42 Å². The maximum Gasteiger partial charge on any atom is 0.0500 e. The lowest BCUT2D eigenvalue weighted by atomic mass is 9.80. The normalized spacial score (nSPS) is 16.5. The summed E-state index contributed by atoms with van der Waals surface area (Å²) < 4.78 is 0. The van der Waals surface area contributed by atoms with Gasteiger partial charge in [0.05, 0.1) is 6.04 Å². The first-order valence-electron chi connectivity index (χ1n) is 7.57. The molecule has 0 aliphatic heterocycles. The molecule has 0 saturated heterocycles. The Hall–Kier alpha value is -1.35. The van der Waals surface area contributed by atoms with Crippen LogP contribution in [0.4, 0.5) is 0 Å². The molecular weight excluding hydrogens is 280 g/mol. The lowest BCUT2D eigenvalue weighted by Gasteiger charge is -2.26. The topological polar surface area (TPSA) is 38.0 Å². The molecular formula is C18H21ClN2. The largest absolute Gasteiger partial charge is 0.271 e. The van der Waals surface area contributed by atoms with Gasteiger partial charge in [0.2, 0.25) is 0 Å². The van der Waals surface area contributed by atoms with Gasteiger partial charge in [-0.3, -0.25) is 11.3 Å². The number of hydrogen-bond acceptors (Lipinski definition) is 2. The van der Waals surface area contributed by atoms with Gasteiger partial charge in [0.1, 0.15) is 0 Å². The summed E-state index contributed by atoms with van der Waals surface area (Å²) in [5.41, 5.74) is 6.69. The molecule has 2 aromatic carbocycles. The molecule has 1 fully saturated rings. The van der Waals surface area contributed by atoms with Crippen LogP contribution in [0, 0.1) is 0 Å². The van der Waals surface area contributed by atoms with Crippen molar-refractivity contribution in [3.05, 3.63) is 70.2 Å². The Morgan fingerprint density at radius 2 is 1.81 bits per heavy atom. The Balaban J connectivity index is 1.75. The Labute approximate surface area is 131 Å². The van der Waals surface area contributed by atoms with Crippen LogP contribution in [0.15, 0.2) is 48.5 Å². The zero-order valence-electron chi connectivity index (χ0n) is 12.1. The van der Waals surface area contributed by atoms with E-state index in [2.05, 4.69) is 35.8 Å². The predicted molar refractivity (Wildman–Crippen MR) is 88.3 cm³/mol. The van der Waals surface area contributed by atoms with Crippen molar-refractivity contribution in [2.24, 2.45) is 5.84 Å². The monoisotopic (exact) mass is 300 g/mol. The van der Waals surface area contributed by atoms with Crippen molar-refractivity contribution in [1.29, 1.82) is 0 Å². The van der Waals surface area contributed by atoms with Crippen LogP contribution >= 0.6 is 11.6 Å². The first-order chi connectivity index (χ1) is 10.3. The van der Waals surface area contributed by atoms with Crippen LogP contribution in [0.2, 0.25) is 5.02 Å². The fourth-order valence-electron chi connectivity index (χ4n) is 2.90. The molecule has 2 aromatic rings. The molecule has 1 unspecified atom stereocenters. The van der Waals surface area contributed by atoms with Crippen LogP contribution < -0.4 is 11.3 Å². The van der Waals surface area contributed by atoms with Gasteiger partial charge in [0, 0.05) is 5.02 Å². The van der Waals surface area contributed by atoms with Crippen molar-refractivity contribution in [3.8, 4) is 0 Å². The summed E-state index contributed by atoms with van der Waals surface area (Å²) in [6.45, 7) is 0. The smallest absolute Gasteiger partial charge is 0.0500 e. The van der Waals surface area contributed by atoms with Gasteiger partial charge in [0.25, 0.3) is 0 Å². The van der Waals surface area contributed by atoms with Crippen LogP contribution in [-0.4, -0.2) is 0 Å². The van der Waals surface area contributed by atoms with Gasteiger partial charge in [-0.2, -0.15) is 0 Å². The van der Waals surface area contributed by atoms with Crippen LogP contribution in [0.1, 0.15) is 47.9 Å². The minimum absolute atomic E-state index is 0.0836. The summed E-state index contributed by atoms with van der Waals surface area (Å²) in [7, 11) is 0. The Kier molecular flexibility index (Phi) is 4.59. The lowest BCUT2D eigenvalue weighted by molar-refractivity contribution is 0.419. The molecule has 1 aliphatic rings. The number of hydrogen-bond donors (Lipinski definition) is 2. The fourth-order valence-corrected chi connectivity index (χ4v) is 3.11. The molecule has 2 nitrogen and oxygen atoms in total. The Morgan fingerprint density at radius 3 is 2.38 bits per heavy atom. The maximum absolute atomic E-state index is 6.24. The SMILES string of the molecule is NNC(Cc1ccccc1Cl)c1ccc(C2CCC2)cc1. The van der Waals surface area contributed by atoms with E-state index in [4.69, 9.17) is 17.4 Å². The van der Waals surface area contributed by atoms with Crippen molar-refractivity contribution < 1.29 is 0 Å². The zero-order valence-corrected chi connectivity index (χ0v) is 12.8. The van der Waals surface area contributed by atoms with Crippen molar-refractivity contribution in [1.82, 2.24) is 5.43 Å². The van der Waals surface area contributed by atoms with Gasteiger partial charge >= 0.3 is 0 Å². The van der Waals surface area contributed by atoms with Crippen LogP contribution in [0.5, 0.6) is 0 Å². The number of benzene rings is 2. The van der Waals surface area contributed by atoms with Crippen molar-refractivity contribution in [2.45, 2.75) is 37.6 Å². The van der Waals surface area contributed by atoms with E-state index < -0.39 is 0 Å². The molecule has 110 valence electrons. The van der Waals surface area contributed by atoms with E-state index in [1.165, 1.54) is 30.4 Å². The molecule has 0 amide bonds. The number of hydrazine groups is 1. The second-order valence-electron chi connectivity index (χ2n) is 5.81. The van der Waals surface area contributed by atoms with E-state index in [1.807, 2.05) is 18.2 Å². The lowest BCUT2D eigenvalue weighted by Crippen LogP contribution is -2.29. The second-order valence-corrected chi connectivity index (χ2v) is 6.22. The summed E-state index contributed by atoms with van der Waals surface area (Å²) in [4.78, 5) is 0. The van der Waals surface area contributed by atoms with Crippen molar-refractivity contribution >= 4 is 11.6 Å². The molecule has 3 N–H and O–H groups in total. The van der Waals surface area contributed by atoms with Gasteiger partial charge in [0.15, 0.2) is 0 Å². The second kappa shape index (κ2) is 6.61. The third-order valence-corrected chi connectivity index (χ3v) is 4.87. The highest BCUT2D eigenvalue weighted by molar-refractivity contribution is 6.31. The van der Waals surface area contributed by atoms with E-state index in [9.17, 15) is 0 Å². The molecule has 0 heterocycles. The third-order valence-electron chi connectivity index (χ3n) is 4.50. The van der Waals surface area contributed by atoms with E-state index in [0.29, 0.717) is 0 Å². The minimum atomic E-state index is 0.0836. The van der Waals surface area contributed by atoms with Crippen molar-refractivity contribution in [2.75, 3.05) is 0 Å². The number of nitrogens with two attached hydrogens (primary N) is 1. The number of rotatable bonds is 5. The van der Waals surface area contributed by atoms with Gasteiger partial charge < -0.3 is 0 Å². The molecule has 0 radical (unpaired) electrons. The molecule has 3 rings (SSSR count). The molecule has 0 bridgehead atoms. The number of halogens is 1. The van der Waals surface area contributed by atoms with E-state index in [0.717, 1.165) is 22.9 Å². The molecule has 1 atom stereocenters. The molecule has 3 heteroatoms. The van der Waals surface area contributed by atoms with Gasteiger partial charge in [-0.25, -0.2) is 0 Å². The molecule has 1 aliphatic carbocycles. The Morgan fingerprint density at radius 1 is 1.10 bits per heavy atom. The number of nitrogens with one attached hydrogen (secondary N) is 1. The summed E-state index contributed by atoms with van der Waals surface area (Å²) in [5, 5.41) is 0.795. The zero-order chi connectivity index (χ0) is 14.7. The molecule has 0 aromatic heterocycles. The van der Waals surface area contributed by atoms with E-state index in [1.54, 1.807) is 0 Å². The highest BCUT2D eigenvalue weighted by atomic mass is 35.5. The van der Waals surface area contributed by atoms with Crippen molar-refractivity contribution in [3.63, 3.8) is 0 Å². The highest BCUT2D eigenvalue weighted by Gasteiger charge is 2.20. The van der Waals surface area contributed by atoms with Gasteiger partial charge in [-0.1, -0.05) is 60.5 Å². The predicted octanol–water partition coefficient (Wildman–Crippen LogP) is 4.35.